The third-order valence-electron chi connectivity index (χ3n) is 6.44. The van der Waals surface area contributed by atoms with Gasteiger partial charge in [0.05, 0.1) is 6.04 Å². The van der Waals surface area contributed by atoms with Crippen molar-refractivity contribution < 1.29 is 9.59 Å². The largest absolute Gasteiger partial charge is 0.354 e. The van der Waals surface area contributed by atoms with Gasteiger partial charge >= 0.3 is 0 Å². The summed E-state index contributed by atoms with van der Waals surface area (Å²) in [6.45, 7) is 2.54. The molecule has 1 aromatic heterocycles. The van der Waals surface area contributed by atoms with E-state index in [9.17, 15) is 9.59 Å². The summed E-state index contributed by atoms with van der Waals surface area (Å²) in [7, 11) is 1.89. The zero-order chi connectivity index (χ0) is 18.1. The molecule has 0 unspecified atom stereocenters. The average molecular weight is 396 g/mol. The van der Waals surface area contributed by atoms with E-state index in [4.69, 9.17) is 0 Å². The van der Waals surface area contributed by atoms with E-state index >= 15 is 0 Å². The Kier molecular flexibility index (Phi) is 6.42. The normalized spacial score (nSPS) is 29.7. The molecule has 2 N–H and O–H groups in total. The molecule has 8 heteroatoms. The Morgan fingerprint density at radius 1 is 1.37 bits per heavy atom. The second-order valence-corrected chi connectivity index (χ2v) is 7.99. The number of carbonyl (C=O) groups excluding carboxylic acids is 2. The number of aryl methyl sites for hydroxylation is 2. The number of rotatable bonds is 5. The van der Waals surface area contributed by atoms with E-state index < -0.39 is 0 Å². The molecule has 0 aliphatic carbocycles. The van der Waals surface area contributed by atoms with Gasteiger partial charge in [-0.15, -0.1) is 12.4 Å². The number of amides is 2. The summed E-state index contributed by atoms with van der Waals surface area (Å²) in [5.74, 6) is 1.37. The van der Waals surface area contributed by atoms with Gasteiger partial charge in [-0.1, -0.05) is 0 Å². The van der Waals surface area contributed by atoms with Gasteiger partial charge < -0.3 is 15.5 Å². The second-order valence-electron chi connectivity index (χ2n) is 7.99. The Labute approximate surface area is 166 Å². The number of hydrogen-bond acceptors (Lipinski definition) is 4. The number of carbonyl (C=O) groups is 2. The molecule has 7 nitrogen and oxygen atoms in total. The minimum Gasteiger partial charge on any atom is -0.354 e. The lowest BCUT2D eigenvalue weighted by Gasteiger charge is -2.54. The zero-order valence-electron chi connectivity index (χ0n) is 15.9. The number of piperidine rings is 3. The lowest BCUT2D eigenvalue weighted by molar-refractivity contribution is -0.149. The van der Waals surface area contributed by atoms with E-state index in [1.807, 2.05) is 13.1 Å². The summed E-state index contributed by atoms with van der Waals surface area (Å²) in [6.07, 6.45) is 6.84. The molecule has 2 amide bonds. The fraction of sp³-hybridized carbons (Fsp3) is 0.737. The van der Waals surface area contributed by atoms with Crippen LogP contribution >= 0.6 is 12.4 Å². The van der Waals surface area contributed by atoms with Crippen molar-refractivity contribution in [2.45, 2.75) is 50.6 Å². The van der Waals surface area contributed by atoms with E-state index in [1.165, 1.54) is 6.42 Å². The minimum absolute atomic E-state index is 0. The number of nitrogens with zero attached hydrogens (tertiary/aromatic N) is 3. The standard InChI is InChI=1S/C19H29N5O2.ClH/c1-23-15(7-8-22-23)5-6-18(25)21-12-17-14-9-13(10-20-11-14)16-3-2-4-19(26)24(16)17;/h7-8,13-14,16-17,20H,2-6,9-12H2,1H3,(H,21,25);1H/t13-,14+,16+,17+;/m1./s1. The molecule has 150 valence electrons. The Hall–Kier alpha value is -1.60. The van der Waals surface area contributed by atoms with Crippen LogP contribution in [0.4, 0.5) is 0 Å². The number of nitrogens with one attached hydrogen (secondary N) is 2. The molecule has 0 spiro atoms. The lowest BCUT2D eigenvalue weighted by Crippen LogP contribution is -2.66. The topological polar surface area (TPSA) is 79.3 Å². The summed E-state index contributed by atoms with van der Waals surface area (Å²) in [4.78, 5) is 27.1. The van der Waals surface area contributed by atoms with E-state index in [2.05, 4.69) is 20.6 Å². The van der Waals surface area contributed by atoms with E-state index in [0.29, 0.717) is 43.7 Å². The van der Waals surface area contributed by atoms with Crippen LogP contribution in [0.3, 0.4) is 0 Å². The van der Waals surface area contributed by atoms with Crippen molar-refractivity contribution in [3.8, 4) is 0 Å². The van der Waals surface area contributed by atoms with Gasteiger partial charge in [-0.3, -0.25) is 14.3 Å². The molecule has 4 rings (SSSR count). The van der Waals surface area contributed by atoms with Crippen LogP contribution < -0.4 is 10.6 Å². The Morgan fingerprint density at radius 2 is 2.19 bits per heavy atom. The third kappa shape index (κ3) is 4.14. The monoisotopic (exact) mass is 395 g/mol. The van der Waals surface area contributed by atoms with Gasteiger partial charge in [0.2, 0.25) is 11.8 Å². The van der Waals surface area contributed by atoms with Crippen molar-refractivity contribution in [1.29, 1.82) is 0 Å². The van der Waals surface area contributed by atoms with Crippen molar-refractivity contribution in [3.63, 3.8) is 0 Å². The van der Waals surface area contributed by atoms with Crippen LogP contribution in [-0.4, -0.2) is 58.2 Å². The number of halogens is 1. The summed E-state index contributed by atoms with van der Waals surface area (Å²) >= 11 is 0. The summed E-state index contributed by atoms with van der Waals surface area (Å²) < 4.78 is 1.80. The van der Waals surface area contributed by atoms with Crippen LogP contribution in [-0.2, 0) is 23.1 Å². The van der Waals surface area contributed by atoms with Crippen molar-refractivity contribution in [1.82, 2.24) is 25.3 Å². The molecule has 3 saturated heterocycles. The van der Waals surface area contributed by atoms with Gasteiger partial charge in [0, 0.05) is 50.9 Å². The number of fused-ring (bicyclic) bond motifs is 4. The van der Waals surface area contributed by atoms with Gasteiger partial charge in [-0.05, 0) is 50.1 Å². The second kappa shape index (κ2) is 8.61. The van der Waals surface area contributed by atoms with Crippen molar-refractivity contribution in [3.05, 3.63) is 18.0 Å². The molecule has 2 bridgehead atoms. The smallest absolute Gasteiger partial charge is 0.223 e. The molecule has 27 heavy (non-hydrogen) atoms. The van der Waals surface area contributed by atoms with Crippen LogP contribution in [0.15, 0.2) is 12.3 Å². The molecule has 3 aliphatic heterocycles. The first-order valence-corrected chi connectivity index (χ1v) is 9.89. The van der Waals surface area contributed by atoms with Gasteiger partial charge in [0.25, 0.3) is 0 Å². The first-order chi connectivity index (χ1) is 12.6. The van der Waals surface area contributed by atoms with E-state index in [0.717, 1.165) is 31.6 Å². The molecular formula is C19H30ClN5O2. The molecule has 4 atom stereocenters. The molecule has 4 heterocycles. The van der Waals surface area contributed by atoms with Crippen LogP contribution in [0.2, 0.25) is 0 Å². The van der Waals surface area contributed by atoms with Gasteiger partial charge in [-0.25, -0.2) is 0 Å². The van der Waals surface area contributed by atoms with Gasteiger partial charge in [-0.2, -0.15) is 5.10 Å². The first-order valence-electron chi connectivity index (χ1n) is 9.89. The fourth-order valence-electron chi connectivity index (χ4n) is 5.09. The maximum Gasteiger partial charge on any atom is 0.223 e. The summed E-state index contributed by atoms with van der Waals surface area (Å²) in [5, 5.41) is 10.8. The van der Waals surface area contributed by atoms with Crippen molar-refractivity contribution in [2.24, 2.45) is 18.9 Å². The molecular weight excluding hydrogens is 366 g/mol. The highest BCUT2D eigenvalue weighted by atomic mass is 35.5. The molecule has 0 aromatic carbocycles. The Balaban J connectivity index is 0.00000210. The predicted molar refractivity (Wildman–Crippen MR) is 105 cm³/mol. The SMILES string of the molecule is Cl.Cn1nccc1CCC(=O)NC[C@H]1[C@@H]2CNC[C@@H](C2)[C@@H]2CCCC(=O)N21. The Bertz CT molecular complexity index is 679. The fourth-order valence-corrected chi connectivity index (χ4v) is 5.09. The van der Waals surface area contributed by atoms with E-state index in [-0.39, 0.29) is 30.3 Å². The van der Waals surface area contributed by atoms with Crippen molar-refractivity contribution in [2.75, 3.05) is 19.6 Å². The van der Waals surface area contributed by atoms with Crippen LogP contribution in [0.5, 0.6) is 0 Å². The lowest BCUT2D eigenvalue weighted by atomic mass is 9.72. The molecule has 0 saturated carbocycles. The average Bonchev–Trinajstić information content (AvgIpc) is 3.05. The highest BCUT2D eigenvalue weighted by Crippen LogP contribution is 2.39. The number of aromatic nitrogens is 2. The third-order valence-corrected chi connectivity index (χ3v) is 6.44. The Morgan fingerprint density at radius 3 is 2.96 bits per heavy atom. The maximum absolute atomic E-state index is 12.6. The summed E-state index contributed by atoms with van der Waals surface area (Å²) in [5.41, 5.74) is 1.06. The predicted octanol–water partition coefficient (Wildman–Crippen LogP) is 0.880. The van der Waals surface area contributed by atoms with Gasteiger partial charge in [0.15, 0.2) is 0 Å². The number of hydrogen-bond donors (Lipinski definition) is 2. The van der Waals surface area contributed by atoms with Crippen LogP contribution in [0.25, 0.3) is 0 Å². The highest BCUT2D eigenvalue weighted by molar-refractivity contribution is 5.85. The minimum atomic E-state index is 0. The molecule has 1 aromatic rings. The van der Waals surface area contributed by atoms with E-state index in [1.54, 1.807) is 10.9 Å². The van der Waals surface area contributed by atoms with Crippen molar-refractivity contribution >= 4 is 24.2 Å². The van der Waals surface area contributed by atoms with Crippen LogP contribution in [0, 0.1) is 11.8 Å². The van der Waals surface area contributed by atoms with Crippen LogP contribution in [0.1, 0.15) is 37.8 Å². The van der Waals surface area contributed by atoms with Gasteiger partial charge in [0.1, 0.15) is 0 Å². The summed E-state index contributed by atoms with van der Waals surface area (Å²) in [6, 6.07) is 2.44. The zero-order valence-corrected chi connectivity index (χ0v) is 16.7. The molecule has 3 fully saturated rings. The maximum atomic E-state index is 12.6. The first kappa shape index (κ1) is 20.1. The molecule has 3 aliphatic rings. The quantitative estimate of drug-likeness (QED) is 0.775. The highest BCUT2D eigenvalue weighted by Gasteiger charge is 2.47. The molecule has 0 radical (unpaired) electrons.